The van der Waals surface area contributed by atoms with Crippen molar-refractivity contribution in [3.8, 4) is 0 Å². The summed E-state index contributed by atoms with van der Waals surface area (Å²) >= 11 is 5.49. The van der Waals surface area contributed by atoms with Gasteiger partial charge in [0.15, 0.2) is 0 Å². The second-order valence-electron chi connectivity index (χ2n) is 2.77. The van der Waals surface area contributed by atoms with E-state index in [1.807, 2.05) is 0 Å². The molecule has 0 aliphatic rings. The lowest BCUT2D eigenvalue weighted by Gasteiger charge is -1.99. The van der Waals surface area contributed by atoms with Crippen LogP contribution in [-0.4, -0.2) is 10.2 Å². The smallest absolute Gasteiger partial charge is 0.320 e. The molecule has 1 N–H and O–H groups in total. The summed E-state index contributed by atoms with van der Waals surface area (Å²) < 4.78 is 17.7. The van der Waals surface area contributed by atoms with Crippen LogP contribution in [0.2, 0.25) is 0 Å². The van der Waals surface area contributed by atoms with Crippen LogP contribution < -0.4 is 5.32 Å². The Bertz CT molecular complexity index is 443. The van der Waals surface area contributed by atoms with Crippen LogP contribution in [0.4, 0.5) is 16.1 Å². The monoisotopic (exact) mass is 227 g/mol. The van der Waals surface area contributed by atoms with E-state index in [0.717, 1.165) is 0 Å². The molecule has 6 heteroatoms. The number of benzene rings is 1. The molecular weight excluding hydrogens is 221 g/mol. The third-order valence-corrected chi connectivity index (χ3v) is 1.91. The molecule has 1 heterocycles. The van der Waals surface area contributed by atoms with E-state index < -0.39 is 0 Å². The lowest BCUT2D eigenvalue weighted by molar-refractivity contribution is 0.530. The molecule has 1 aromatic carbocycles. The SMILES string of the molecule is Fc1ccc(Nc2nnc(CCl)o2)cc1. The van der Waals surface area contributed by atoms with Crippen molar-refractivity contribution < 1.29 is 8.81 Å². The van der Waals surface area contributed by atoms with Gasteiger partial charge >= 0.3 is 6.01 Å². The van der Waals surface area contributed by atoms with E-state index in [2.05, 4.69) is 15.5 Å². The van der Waals surface area contributed by atoms with E-state index in [-0.39, 0.29) is 17.7 Å². The first-order valence-electron chi connectivity index (χ1n) is 4.19. The summed E-state index contributed by atoms with van der Waals surface area (Å²) in [6.45, 7) is 0. The molecule has 0 aliphatic heterocycles. The van der Waals surface area contributed by atoms with Gasteiger partial charge in [-0.25, -0.2) is 4.39 Å². The van der Waals surface area contributed by atoms with Gasteiger partial charge in [0.05, 0.1) is 0 Å². The minimum atomic E-state index is -0.299. The fourth-order valence-corrected chi connectivity index (χ4v) is 1.12. The molecule has 0 atom stereocenters. The molecule has 0 unspecified atom stereocenters. The van der Waals surface area contributed by atoms with Crippen molar-refractivity contribution in [3.63, 3.8) is 0 Å². The maximum absolute atomic E-state index is 12.6. The van der Waals surface area contributed by atoms with Crippen molar-refractivity contribution in [3.05, 3.63) is 36.0 Å². The van der Waals surface area contributed by atoms with Crippen LogP contribution in [0.25, 0.3) is 0 Å². The predicted molar refractivity (Wildman–Crippen MR) is 53.5 cm³/mol. The first kappa shape index (κ1) is 9.92. The first-order valence-corrected chi connectivity index (χ1v) is 4.72. The van der Waals surface area contributed by atoms with Gasteiger partial charge in [-0.3, -0.25) is 0 Å². The molecule has 15 heavy (non-hydrogen) atoms. The zero-order chi connectivity index (χ0) is 10.7. The summed E-state index contributed by atoms with van der Waals surface area (Å²) in [4.78, 5) is 0. The average Bonchev–Trinajstić information content (AvgIpc) is 2.69. The van der Waals surface area contributed by atoms with Crippen molar-refractivity contribution in [1.82, 2.24) is 10.2 Å². The van der Waals surface area contributed by atoms with Crippen LogP contribution in [-0.2, 0) is 5.88 Å². The molecule has 1 aromatic heterocycles. The van der Waals surface area contributed by atoms with Crippen LogP contribution in [0.1, 0.15) is 5.89 Å². The summed E-state index contributed by atoms with van der Waals surface area (Å²) in [5.74, 6) is 0.201. The Morgan fingerprint density at radius 1 is 1.27 bits per heavy atom. The van der Waals surface area contributed by atoms with Gasteiger partial charge in [-0.1, -0.05) is 5.10 Å². The van der Waals surface area contributed by atoms with Gasteiger partial charge in [0.2, 0.25) is 5.89 Å². The van der Waals surface area contributed by atoms with E-state index in [0.29, 0.717) is 11.6 Å². The van der Waals surface area contributed by atoms with E-state index in [9.17, 15) is 4.39 Å². The summed E-state index contributed by atoms with van der Waals surface area (Å²) in [7, 11) is 0. The molecule has 0 radical (unpaired) electrons. The zero-order valence-corrected chi connectivity index (χ0v) is 8.33. The number of nitrogens with one attached hydrogen (secondary N) is 1. The van der Waals surface area contributed by atoms with Crippen LogP contribution in [0.15, 0.2) is 28.7 Å². The van der Waals surface area contributed by atoms with Crippen LogP contribution in [0, 0.1) is 5.82 Å². The van der Waals surface area contributed by atoms with Gasteiger partial charge in [0.1, 0.15) is 11.7 Å². The van der Waals surface area contributed by atoms with Gasteiger partial charge in [-0.2, -0.15) is 0 Å². The van der Waals surface area contributed by atoms with Crippen molar-refractivity contribution >= 4 is 23.3 Å². The largest absolute Gasteiger partial charge is 0.407 e. The Morgan fingerprint density at radius 2 is 2.00 bits per heavy atom. The highest BCUT2D eigenvalue weighted by atomic mass is 35.5. The quantitative estimate of drug-likeness (QED) is 0.819. The minimum absolute atomic E-state index is 0.165. The highest BCUT2D eigenvalue weighted by molar-refractivity contribution is 6.16. The first-order chi connectivity index (χ1) is 7.28. The minimum Gasteiger partial charge on any atom is -0.407 e. The number of rotatable bonds is 3. The third-order valence-electron chi connectivity index (χ3n) is 1.68. The third kappa shape index (κ3) is 2.44. The zero-order valence-electron chi connectivity index (χ0n) is 7.58. The van der Waals surface area contributed by atoms with E-state index in [1.54, 1.807) is 12.1 Å². The number of halogens is 2. The predicted octanol–water partition coefficient (Wildman–Crippen LogP) is 2.69. The molecule has 78 valence electrons. The second-order valence-corrected chi connectivity index (χ2v) is 3.03. The summed E-state index contributed by atoms with van der Waals surface area (Å²) in [5, 5.41) is 10.2. The lowest BCUT2D eigenvalue weighted by Crippen LogP contribution is -1.90. The fraction of sp³-hybridized carbons (Fsp3) is 0.111. The topological polar surface area (TPSA) is 51.0 Å². The normalized spacial score (nSPS) is 10.3. The summed E-state index contributed by atoms with van der Waals surface area (Å²) in [5.41, 5.74) is 0.668. The van der Waals surface area contributed by atoms with Crippen LogP contribution in [0.3, 0.4) is 0 Å². The number of hydrogen-bond donors (Lipinski definition) is 1. The maximum Gasteiger partial charge on any atom is 0.320 e. The van der Waals surface area contributed by atoms with Gasteiger partial charge in [0.25, 0.3) is 0 Å². The molecule has 0 spiro atoms. The molecular formula is C9H7ClFN3O. The van der Waals surface area contributed by atoms with Gasteiger partial charge < -0.3 is 9.73 Å². The number of alkyl halides is 1. The van der Waals surface area contributed by atoms with Crippen molar-refractivity contribution in [2.45, 2.75) is 5.88 Å². The fourth-order valence-electron chi connectivity index (χ4n) is 1.01. The molecule has 4 nitrogen and oxygen atoms in total. The molecule has 2 aromatic rings. The molecule has 0 bridgehead atoms. The maximum atomic E-state index is 12.6. The Kier molecular flexibility index (Phi) is 2.82. The average molecular weight is 228 g/mol. The second kappa shape index (κ2) is 4.27. The Labute approximate surface area is 90.1 Å². The number of nitrogens with zero attached hydrogens (tertiary/aromatic N) is 2. The molecule has 0 saturated carbocycles. The Morgan fingerprint density at radius 3 is 2.60 bits per heavy atom. The van der Waals surface area contributed by atoms with Gasteiger partial charge in [-0.15, -0.1) is 16.7 Å². The van der Waals surface area contributed by atoms with Crippen LogP contribution >= 0.6 is 11.6 Å². The lowest BCUT2D eigenvalue weighted by atomic mass is 10.3. The highest BCUT2D eigenvalue weighted by Crippen LogP contribution is 2.15. The summed E-state index contributed by atoms with van der Waals surface area (Å²) in [6, 6.07) is 6.04. The molecule has 0 aliphatic carbocycles. The number of hydrogen-bond acceptors (Lipinski definition) is 4. The van der Waals surface area contributed by atoms with Crippen molar-refractivity contribution in [2.75, 3.05) is 5.32 Å². The molecule has 0 amide bonds. The number of aromatic nitrogens is 2. The standard InChI is InChI=1S/C9H7ClFN3O/c10-5-8-13-14-9(15-8)12-7-3-1-6(11)2-4-7/h1-4H,5H2,(H,12,14). The van der Waals surface area contributed by atoms with Crippen LogP contribution in [0.5, 0.6) is 0 Å². The molecule has 2 rings (SSSR count). The molecule has 0 fully saturated rings. The molecule has 0 saturated heterocycles. The van der Waals surface area contributed by atoms with Gasteiger partial charge in [-0.05, 0) is 24.3 Å². The van der Waals surface area contributed by atoms with Gasteiger partial charge in [0, 0.05) is 5.69 Å². The van der Waals surface area contributed by atoms with E-state index >= 15 is 0 Å². The Hall–Kier alpha value is -1.62. The highest BCUT2D eigenvalue weighted by Gasteiger charge is 2.04. The number of anilines is 2. The van der Waals surface area contributed by atoms with Crippen molar-refractivity contribution in [1.29, 1.82) is 0 Å². The van der Waals surface area contributed by atoms with E-state index in [1.165, 1.54) is 12.1 Å². The Balaban J connectivity index is 2.11. The van der Waals surface area contributed by atoms with E-state index in [4.69, 9.17) is 16.0 Å². The van der Waals surface area contributed by atoms with Crippen molar-refractivity contribution in [2.24, 2.45) is 0 Å². The summed E-state index contributed by atoms with van der Waals surface area (Å²) in [6.07, 6.45) is 0.